The molecular weight excluding hydrogens is 308 g/mol. The van der Waals surface area contributed by atoms with Gasteiger partial charge < -0.3 is 16.0 Å². The lowest BCUT2D eigenvalue weighted by molar-refractivity contribution is -0.120. The van der Waals surface area contributed by atoms with Crippen LogP contribution in [-0.2, 0) is 4.79 Å². The molecule has 0 saturated heterocycles. The highest BCUT2D eigenvalue weighted by Crippen LogP contribution is 2.27. The Labute approximate surface area is 130 Å². The van der Waals surface area contributed by atoms with Crippen molar-refractivity contribution in [2.24, 2.45) is 5.73 Å². The summed E-state index contributed by atoms with van der Waals surface area (Å²) in [7, 11) is 0. The van der Waals surface area contributed by atoms with Gasteiger partial charge in [-0.15, -0.1) is 11.3 Å². The lowest BCUT2D eigenvalue weighted by Crippen LogP contribution is -2.29. The van der Waals surface area contributed by atoms with Crippen LogP contribution in [0.25, 0.3) is 10.2 Å². The molecule has 0 aliphatic heterocycles. The van der Waals surface area contributed by atoms with Gasteiger partial charge >= 0.3 is 0 Å². The molecular formula is C13H18N4O2S2. The molecule has 0 radical (unpaired) electrons. The van der Waals surface area contributed by atoms with Gasteiger partial charge in [0.25, 0.3) is 5.56 Å². The zero-order valence-electron chi connectivity index (χ0n) is 12.0. The predicted molar refractivity (Wildman–Crippen MR) is 87.1 cm³/mol. The van der Waals surface area contributed by atoms with Crippen LogP contribution in [0.2, 0.25) is 0 Å². The summed E-state index contributed by atoms with van der Waals surface area (Å²) in [5.41, 5.74) is 6.19. The van der Waals surface area contributed by atoms with Crippen molar-refractivity contribution >= 4 is 39.2 Å². The highest BCUT2D eigenvalue weighted by molar-refractivity contribution is 7.99. The van der Waals surface area contributed by atoms with Crippen LogP contribution < -0.4 is 16.6 Å². The van der Waals surface area contributed by atoms with E-state index in [4.69, 9.17) is 5.73 Å². The average Bonchev–Trinajstić information content (AvgIpc) is 2.72. The Bertz CT molecular complexity index is 708. The van der Waals surface area contributed by atoms with Gasteiger partial charge in [-0.3, -0.25) is 9.59 Å². The van der Waals surface area contributed by atoms with Gasteiger partial charge in [0, 0.05) is 30.1 Å². The molecule has 0 aliphatic rings. The number of fused-ring (bicyclic) bond motifs is 1. The Hall–Kier alpha value is -1.38. The highest BCUT2D eigenvalue weighted by atomic mass is 32.2. The fraction of sp³-hybridized carbons (Fsp3) is 0.462. The van der Waals surface area contributed by atoms with Crippen LogP contribution in [0.5, 0.6) is 0 Å². The Morgan fingerprint density at radius 1 is 1.48 bits per heavy atom. The molecule has 2 aromatic rings. The number of nitrogens with two attached hydrogens (primary N) is 1. The maximum absolute atomic E-state index is 12.1. The summed E-state index contributed by atoms with van der Waals surface area (Å²) < 4.78 is 0. The van der Waals surface area contributed by atoms with E-state index in [1.165, 1.54) is 23.1 Å². The highest BCUT2D eigenvalue weighted by Gasteiger charge is 2.12. The van der Waals surface area contributed by atoms with E-state index in [-0.39, 0.29) is 11.5 Å². The molecule has 2 rings (SSSR count). The number of amides is 1. The van der Waals surface area contributed by atoms with Gasteiger partial charge in [0.15, 0.2) is 5.16 Å². The van der Waals surface area contributed by atoms with Crippen molar-refractivity contribution in [3.05, 3.63) is 20.8 Å². The lowest BCUT2D eigenvalue weighted by atomic mass is 10.2. The lowest BCUT2D eigenvalue weighted by Gasteiger charge is -2.03. The van der Waals surface area contributed by atoms with Crippen LogP contribution in [-0.4, -0.2) is 34.7 Å². The molecule has 4 N–H and O–H groups in total. The summed E-state index contributed by atoms with van der Waals surface area (Å²) >= 11 is 2.89. The standard InChI is InChI=1S/C13H18N4O2S2/c1-7-8(2)21-12-10(7)11(19)16-13(17-12)20-6-3-9(18)15-5-4-14/h3-6,14H2,1-2H3,(H,15,18)(H,16,17,19). The largest absolute Gasteiger partial charge is 0.355 e. The van der Waals surface area contributed by atoms with Gasteiger partial charge in [-0.2, -0.15) is 0 Å². The molecule has 21 heavy (non-hydrogen) atoms. The van der Waals surface area contributed by atoms with E-state index < -0.39 is 0 Å². The van der Waals surface area contributed by atoms with E-state index in [2.05, 4.69) is 15.3 Å². The second-order valence-electron chi connectivity index (χ2n) is 4.57. The molecule has 0 saturated carbocycles. The molecule has 2 aromatic heterocycles. The number of hydrogen-bond donors (Lipinski definition) is 3. The number of aromatic nitrogens is 2. The summed E-state index contributed by atoms with van der Waals surface area (Å²) in [5, 5.41) is 3.93. The van der Waals surface area contributed by atoms with Crippen LogP contribution in [0.4, 0.5) is 0 Å². The monoisotopic (exact) mass is 326 g/mol. The topological polar surface area (TPSA) is 101 Å². The summed E-state index contributed by atoms with van der Waals surface area (Å²) in [6.45, 7) is 4.83. The summed E-state index contributed by atoms with van der Waals surface area (Å²) in [4.78, 5) is 32.6. The molecule has 0 atom stereocenters. The molecule has 6 nitrogen and oxygen atoms in total. The maximum atomic E-state index is 12.1. The minimum atomic E-state index is -0.114. The van der Waals surface area contributed by atoms with Crippen molar-refractivity contribution in [2.45, 2.75) is 25.4 Å². The number of nitrogens with zero attached hydrogens (tertiary/aromatic N) is 1. The fourth-order valence-corrected chi connectivity index (χ4v) is 3.73. The molecule has 1 amide bonds. The molecule has 114 valence electrons. The number of aryl methyl sites for hydroxylation is 2. The minimum Gasteiger partial charge on any atom is -0.355 e. The first-order valence-corrected chi connectivity index (χ1v) is 8.42. The van der Waals surface area contributed by atoms with Crippen LogP contribution in [0.1, 0.15) is 16.9 Å². The Morgan fingerprint density at radius 2 is 2.24 bits per heavy atom. The molecule has 0 aromatic carbocycles. The van der Waals surface area contributed by atoms with E-state index in [0.29, 0.717) is 35.8 Å². The first-order valence-electron chi connectivity index (χ1n) is 6.62. The molecule has 0 fully saturated rings. The molecule has 0 unspecified atom stereocenters. The molecule has 0 aliphatic carbocycles. The second kappa shape index (κ2) is 7.06. The zero-order valence-corrected chi connectivity index (χ0v) is 13.6. The smallest absolute Gasteiger partial charge is 0.260 e. The summed E-state index contributed by atoms with van der Waals surface area (Å²) in [6, 6.07) is 0. The van der Waals surface area contributed by atoms with Gasteiger partial charge in [0.1, 0.15) is 4.83 Å². The number of thioether (sulfide) groups is 1. The summed E-state index contributed by atoms with van der Waals surface area (Å²) in [6.07, 6.45) is 0.370. The molecule has 0 bridgehead atoms. The summed E-state index contributed by atoms with van der Waals surface area (Å²) in [5.74, 6) is 0.521. The van der Waals surface area contributed by atoms with Gasteiger partial charge in [-0.25, -0.2) is 4.98 Å². The normalized spacial score (nSPS) is 11.0. The van der Waals surface area contributed by atoms with E-state index in [0.717, 1.165) is 15.3 Å². The van der Waals surface area contributed by atoms with Gasteiger partial charge in [-0.1, -0.05) is 11.8 Å². The third-order valence-electron chi connectivity index (χ3n) is 3.05. The van der Waals surface area contributed by atoms with Gasteiger partial charge in [0.2, 0.25) is 5.91 Å². The van der Waals surface area contributed by atoms with Crippen LogP contribution >= 0.6 is 23.1 Å². The van der Waals surface area contributed by atoms with Crippen molar-refractivity contribution in [3.63, 3.8) is 0 Å². The number of carbonyl (C=O) groups excluding carboxylic acids is 1. The van der Waals surface area contributed by atoms with Crippen LogP contribution in [0.3, 0.4) is 0 Å². The average molecular weight is 326 g/mol. The molecule has 8 heteroatoms. The maximum Gasteiger partial charge on any atom is 0.260 e. The van der Waals surface area contributed by atoms with Crippen LogP contribution in [0.15, 0.2) is 9.95 Å². The van der Waals surface area contributed by atoms with Crippen molar-refractivity contribution < 1.29 is 4.79 Å². The fourth-order valence-electron chi connectivity index (χ4n) is 1.84. The minimum absolute atomic E-state index is 0.0424. The predicted octanol–water partition coefficient (Wildman–Crippen LogP) is 1.16. The van der Waals surface area contributed by atoms with Crippen molar-refractivity contribution in [1.82, 2.24) is 15.3 Å². The quantitative estimate of drug-likeness (QED) is 0.546. The van der Waals surface area contributed by atoms with E-state index in [9.17, 15) is 9.59 Å². The van der Waals surface area contributed by atoms with Crippen molar-refractivity contribution in [3.8, 4) is 0 Å². The van der Waals surface area contributed by atoms with E-state index in [1.54, 1.807) is 0 Å². The van der Waals surface area contributed by atoms with Crippen molar-refractivity contribution in [2.75, 3.05) is 18.8 Å². The number of hydrogen-bond acceptors (Lipinski definition) is 6. The number of rotatable bonds is 6. The number of aromatic amines is 1. The number of thiophene rings is 1. The third-order valence-corrected chi connectivity index (χ3v) is 5.03. The Balaban J connectivity index is 2.03. The van der Waals surface area contributed by atoms with Gasteiger partial charge in [-0.05, 0) is 19.4 Å². The van der Waals surface area contributed by atoms with E-state index >= 15 is 0 Å². The van der Waals surface area contributed by atoms with E-state index in [1.807, 2.05) is 13.8 Å². The third kappa shape index (κ3) is 3.84. The Kier molecular flexibility index (Phi) is 5.38. The molecule has 2 heterocycles. The number of nitrogens with one attached hydrogen (secondary N) is 2. The second-order valence-corrected chi connectivity index (χ2v) is 6.86. The molecule has 0 spiro atoms. The number of carbonyl (C=O) groups is 1. The Morgan fingerprint density at radius 3 is 2.95 bits per heavy atom. The SMILES string of the molecule is Cc1sc2nc(SCCC(=O)NCCN)[nH]c(=O)c2c1C. The zero-order chi connectivity index (χ0) is 15.4. The first kappa shape index (κ1) is 16.0. The van der Waals surface area contributed by atoms with Gasteiger partial charge in [0.05, 0.1) is 5.39 Å². The number of H-pyrrole nitrogens is 1. The van der Waals surface area contributed by atoms with Crippen molar-refractivity contribution in [1.29, 1.82) is 0 Å². The first-order chi connectivity index (χ1) is 10.0. The van der Waals surface area contributed by atoms with Crippen LogP contribution in [0, 0.1) is 13.8 Å².